The molecule has 1 aliphatic heterocycles. The highest BCUT2D eigenvalue weighted by molar-refractivity contribution is 5.78. The van der Waals surface area contributed by atoms with Crippen molar-refractivity contribution >= 4 is 5.91 Å². The summed E-state index contributed by atoms with van der Waals surface area (Å²) in [6.45, 7) is 1.67. The van der Waals surface area contributed by atoms with Crippen molar-refractivity contribution in [3.05, 3.63) is 65.7 Å². The van der Waals surface area contributed by atoms with Crippen LogP contribution in [0.5, 0.6) is 0 Å². The second-order valence-electron chi connectivity index (χ2n) is 6.42. The number of pyridine rings is 1. The molecule has 132 valence electrons. The van der Waals surface area contributed by atoms with Crippen molar-refractivity contribution in [3.8, 4) is 0 Å². The van der Waals surface area contributed by atoms with Crippen LogP contribution in [0.4, 0.5) is 4.39 Å². The van der Waals surface area contributed by atoms with Crippen molar-refractivity contribution in [2.45, 2.75) is 25.0 Å². The van der Waals surface area contributed by atoms with E-state index in [9.17, 15) is 14.3 Å². The Kier molecular flexibility index (Phi) is 5.40. The summed E-state index contributed by atoms with van der Waals surface area (Å²) in [7, 11) is 0. The van der Waals surface area contributed by atoms with Gasteiger partial charge in [0.15, 0.2) is 0 Å². The molecule has 3 rings (SSSR count). The number of benzene rings is 1. The van der Waals surface area contributed by atoms with Gasteiger partial charge in [0, 0.05) is 43.2 Å². The van der Waals surface area contributed by atoms with Crippen LogP contribution in [0.2, 0.25) is 0 Å². The number of piperidine rings is 1. The Bertz CT molecular complexity index is 716. The maximum absolute atomic E-state index is 13.6. The quantitative estimate of drug-likeness (QED) is 0.869. The van der Waals surface area contributed by atoms with Gasteiger partial charge in [-0.2, -0.15) is 0 Å². The van der Waals surface area contributed by atoms with E-state index in [2.05, 4.69) is 10.3 Å². The molecule has 2 aromatic rings. The third-order valence-corrected chi connectivity index (χ3v) is 4.68. The number of nitrogens with zero attached hydrogens (tertiary/aromatic N) is 2. The predicted octanol–water partition coefficient (Wildman–Crippen LogP) is 1.82. The molecule has 25 heavy (non-hydrogen) atoms. The maximum Gasteiger partial charge on any atom is 0.234 e. The molecular formula is C19H22FN3O2. The van der Waals surface area contributed by atoms with E-state index in [4.69, 9.17) is 0 Å². The van der Waals surface area contributed by atoms with Gasteiger partial charge >= 0.3 is 0 Å². The van der Waals surface area contributed by atoms with Gasteiger partial charge in [0.25, 0.3) is 0 Å². The molecule has 6 heteroatoms. The summed E-state index contributed by atoms with van der Waals surface area (Å²) in [6, 6.07) is 10.1. The lowest BCUT2D eigenvalue weighted by Crippen LogP contribution is -2.46. The smallest absolute Gasteiger partial charge is 0.234 e. The molecule has 0 radical (unpaired) electrons. The lowest BCUT2D eigenvalue weighted by Gasteiger charge is -2.38. The van der Waals surface area contributed by atoms with Crippen LogP contribution in [0.3, 0.4) is 0 Å². The number of likely N-dealkylation sites (tertiary alicyclic amines) is 1. The zero-order valence-corrected chi connectivity index (χ0v) is 14.0. The van der Waals surface area contributed by atoms with E-state index in [0.29, 0.717) is 31.5 Å². The first-order chi connectivity index (χ1) is 12.1. The molecule has 2 heterocycles. The van der Waals surface area contributed by atoms with E-state index >= 15 is 0 Å². The van der Waals surface area contributed by atoms with Crippen molar-refractivity contribution in [1.82, 2.24) is 15.2 Å². The van der Waals surface area contributed by atoms with Crippen LogP contribution in [0.15, 0.2) is 48.8 Å². The standard InChI is InChI=1S/C19H22FN3O2/c20-17-6-2-1-4-15(17)12-22-18(24)14-23-10-7-19(25,8-11-23)16-5-3-9-21-13-16/h1-6,9,13,25H,7-8,10-12,14H2,(H,22,24). The summed E-state index contributed by atoms with van der Waals surface area (Å²) in [5.74, 6) is -0.461. The van der Waals surface area contributed by atoms with Gasteiger partial charge in [-0.15, -0.1) is 0 Å². The van der Waals surface area contributed by atoms with Crippen LogP contribution in [-0.2, 0) is 16.9 Å². The molecule has 0 unspecified atom stereocenters. The van der Waals surface area contributed by atoms with E-state index in [1.54, 1.807) is 30.6 Å². The minimum Gasteiger partial charge on any atom is -0.385 e. The summed E-state index contributed by atoms with van der Waals surface area (Å²) in [5, 5.41) is 13.5. The number of amides is 1. The number of nitrogens with one attached hydrogen (secondary N) is 1. The fourth-order valence-corrected chi connectivity index (χ4v) is 3.10. The van der Waals surface area contributed by atoms with E-state index in [1.807, 2.05) is 17.0 Å². The summed E-state index contributed by atoms with van der Waals surface area (Å²) >= 11 is 0. The zero-order chi connectivity index (χ0) is 17.7. The van der Waals surface area contributed by atoms with E-state index in [0.717, 1.165) is 5.56 Å². The van der Waals surface area contributed by atoms with Gasteiger partial charge in [-0.1, -0.05) is 24.3 Å². The monoisotopic (exact) mass is 343 g/mol. The first-order valence-electron chi connectivity index (χ1n) is 8.42. The molecular weight excluding hydrogens is 321 g/mol. The lowest BCUT2D eigenvalue weighted by atomic mass is 9.85. The maximum atomic E-state index is 13.6. The Morgan fingerprint density at radius 2 is 2.00 bits per heavy atom. The van der Waals surface area contributed by atoms with Crippen LogP contribution in [0.25, 0.3) is 0 Å². The van der Waals surface area contributed by atoms with Crippen molar-refractivity contribution in [2.24, 2.45) is 0 Å². The summed E-state index contributed by atoms with van der Waals surface area (Å²) in [5.41, 5.74) is 0.410. The van der Waals surface area contributed by atoms with Gasteiger partial charge in [0.05, 0.1) is 12.1 Å². The van der Waals surface area contributed by atoms with Gasteiger partial charge < -0.3 is 10.4 Å². The lowest BCUT2D eigenvalue weighted by molar-refractivity contribution is -0.123. The van der Waals surface area contributed by atoms with Gasteiger partial charge in [0.1, 0.15) is 5.82 Å². The van der Waals surface area contributed by atoms with Crippen molar-refractivity contribution < 1.29 is 14.3 Å². The number of halogens is 1. The molecule has 1 aromatic heterocycles. The number of hydrogen-bond donors (Lipinski definition) is 2. The van der Waals surface area contributed by atoms with Gasteiger partial charge in [-0.05, 0) is 25.0 Å². The number of aliphatic hydroxyl groups is 1. The number of carbonyl (C=O) groups excluding carboxylic acids is 1. The fourth-order valence-electron chi connectivity index (χ4n) is 3.10. The van der Waals surface area contributed by atoms with Crippen molar-refractivity contribution in [2.75, 3.05) is 19.6 Å². The number of rotatable bonds is 5. The summed E-state index contributed by atoms with van der Waals surface area (Å²) in [4.78, 5) is 18.1. The number of aromatic nitrogens is 1. The molecule has 0 aliphatic carbocycles. The van der Waals surface area contributed by atoms with E-state index in [-0.39, 0.29) is 24.8 Å². The fraction of sp³-hybridized carbons (Fsp3) is 0.368. The minimum absolute atomic E-state index is 0.143. The molecule has 0 atom stereocenters. The van der Waals surface area contributed by atoms with E-state index < -0.39 is 5.60 Å². The second kappa shape index (κ2) is 7.72. The average Bonchev–Trinajstić information content (AvgIpc) is 2.64. The number of hydrogen-bond acceptors (Lipinski definition) is 4. The van der Waals surface area contributed by atoms with Crippen LogP contribution < -0.4 is 5.32 Å². The van der Waals surface area contributed by atoms with Gasteiger partial charge in [-0.25, -0.2) is 4.39 Å². The Morgan fingerprint density at radius 1 is 1.24 bits per heavy atom. The van der Waals surface area contributed by atoms with E-state index in [1.165, 1.54) is 6.07 Å². The molecule has 1 amide bonds. The molecule has 1 fully saturated rings. The molecule has 1 aliphatic rings. The van der Waals surface area contributed by atoms with Crippen molar-refractivity contribution in [3.63, 3.8) is 0 Å². The van der Waals surface area contributed by atoms with Crippen LogP contribution in [-0.4, -0.2) is 40.5 Å². The Balaban J connectivity index is 1.47. The second-order valence-corrected chi connectivity index (χ2v) is 6.42. The molecule has 0 bridgehead atoms. The average molecular weight is 343 g/mol. The SMILES string of the molecule is O=C(CN1CCC(O)(c2cccnc2)CC1)NCc1ccccc1F. The van der Waals surface area contributed by atoms with Crippen molar-refractivity contribution in [1.29, 1.82) is 0 Å². The molecule has 1 aromatic carbocycles. The van der Waals surface area contributed by atoms with Crippen LogP contribution in [0, 0.1) is 5.82 Å². The Morgan fingerprint density at radius 3 is 2.68 bits per heavy atom. The third-order valence-electron chi connectivity index (χ3n) is 4.68. The molecule has 0 spiro atoms. The van der Waals surface area contributed by atoms with Crippen LogP contribution >= 0.6 is 0 Å². The topological polar surface area (TPSA) is 65.5 Å². The van der Waals surface area contributed by atoms with Gasteiger partial charge in [-0.3, -0.25) is 14.7 Å². The third kappa shape index (κ3) is 4.41. The molecule has 5 nitrogen and oxygen atoms in total. The predicted molar refractivity (Wildman–Crippen MR) is 92.1 cm³/mol. The van der Waals surface area contributed by atoms with Crippen LogP contribution in [0.1, 0.15) is 24.0 Å². The molecule has 1 saturated heterocycles. The molecule has 2 N–H and O–H groups in total. The Labute approximate surface area is 146 Å². The summed E-state index contributed by atoms with van der Waals surface area (Å²) < 4.78 is 13.6. The highest BCUT2D eigenvalue weighted by Gasteiger charge is 2.34. The first-order valence-corrected chi connectivity index (χ1v) is 8.42. The number of carbonyl (C=O) groups is 1. The normalized spacial score (nSPS) is 17.2. The largest absolute Gasteiger partial charge is 0.385 e. The van der Waals surface area contributed by atoms with Gasteiger partial charge in [0.2, 0.25) is 5.91 Å². The summed E-state index contributed by atoms with van der Waals surface area (Å²) in [6.07, 6.45) is 4.48. The molecule has 0 saturated carbocycles. The highest BCUT2D eigenvalue weighted by atomic mass is 19.1. The highest BCUT2D eigenvalue weighted by Crippen LogP contribution is 2.31. The Hall–Kier alpha value is -2.31. The first kappa shape index (κ1) is 17.5. The minimum atomic E-state index is -0.881. The zero-order valence-electron chi connectivity index (χ0n) is 14.0.